The van der Waals surface area contributed by atoms with Crippen LogP contribution in [0, 0.1) is 0 Å². The van der Waals surface area contributed by atoms with Crippen molar-refractivity contribution in [3.63, 3.8) is 0 Å². The van der Waals surface area contributed by atoms with E-state index in [2.05, 4.69) is 161 Å². The SMILES string of the molecule is c1ccc(-c2nc(-c3ccccc3)nc(-c3cccc4oc5ccc(-c6cccc7oc8c(-n9c%10ccccc%10c%10ccc%11c%12ccccc%12n(-c%12ccccc%12)c%11c%109)cccc8c67)cc5c34)n2)cc1. The molecule has 7 heteroatoms. The highest BCUT2D eigenvalue weighted by Gasteiger charge is 2.25. The zero-order valence-electron chi connectivity index (χ0n) is 37.4. The van der Waals surface area contributed by atoms with Gasteiger partial charge in [0.25, 0.3) is 0 Å². The summed E-state index contributed by atoms with van der Waals surface area (Å²) in [7, 11) is 0. The molecule has 0 atom stereocenters. The van der Waals surface area contributed by atoms with E-state index in [-0.39, 0.29) is 0 Å². The van der Waals surface area contributed by atoms with Gasteiger partial charge in [-0.15, -0.1) is 0 Å². The summed E-state index contributed by atoms with van der Waals surface area (Å²) >= 11 is 0. The van der Waals surface area contributed by atoms with Crippen LogP contribution in [-0.2, 0) is 0 Å². The van der Waals surface area contributed by atoms with Gasteiger partial charge < -0.3 is 18.0 Å². The smallest absolute Gasteiger partial charge is 0.164 e. The van der Waals surface area contributed by atoms with E-state index >= 15 is 0 Å². The van der Waals surface area contributed by atoms with Crippen molar-refractivity contribution in [3.05, 3.63) is 224 Å². The van der Waals surface area contributed by atoms with Crippen molar-refractivity contribution in [2.45, 2.75) is 0 Å². The first-order valence-electron chi connectivity index (χ1n) is 23.5. The quantitative estimate of drug-likeness (QED) is 0.166. The summed E-state index contributed by atoms with van der Waals surface area (Å²) in [5, 5.41) is 8.78. The minimum atomic E-state index is 0.577. The van der Waals surface area contributed by atoms with Gasteiger partial charge in [0.15, 0.2) is 23.1 Å². The second kappa shape index (κ2) is 15.0. The number of aromatic nitrogens is 5. The Morgan fingerprint density at radius 2 is 0.843 bits per heavy atom. The number of fused-ring (bicyclic) bond motifs is 13. The second-order valence-electron chi connectivity index (χ2n) is 17.9. The van der Waals surface area contributed by atoms with Gasteiger partial charge in [0.05, 0.1) is 27.8 Å². The molecule has 0 fully saturated rings. The average Bonchev–Trinajstić information content (AvgIpc) is 4.19. The monoisotopic (exact) mass is 895 g/mol. The molecule has 0 spiro atoms. The maximum absolute atomic E-state index is 7.10. The molecule has 0 aliphatic carbocycles. The van der Waals surface area contributed by atoms with Crippen molar-refractivity contribution in [1.29, 1.82) is 0 Å². The Balaban J connectivity index is 0.953. The molecule has 7 nitrogen and oxygen atoms in total. The molecular formula is C63H37N5O2. The number of para-hydroxylation sites is 4. The van der Waals surface area contributed by atoms with Crippen molar-refractivity contribution >= 4 is 87.5 Å². The third kappa shape index (κ3) is 5.66. The first-order valence-corrected chi connectivity index (χ1v) is 23.5. The maximum Gasteiger partial charge on any atom is 0.164 e. The molecule has 0 saturated carbocycles. The van der Waals surface area contributed by atoms with E-state index in [1.54, 1.807) is 0 Å². The minimum absolute atomic E-state index is 0.577. The summed E-state index contributed by atoms with van der Waals surface area (Å²) in [6.45, 7) is 0. The highest BCUT2D eigenvalue weighted by atomic mass is 16.3. The number of nitrogens with zero attached hydrogens (tertiary/aromatic N) is 5. The zero-order valence-corrected chi connectivity index (χ0v) is 37.4. The van der Waals surface area contributed by atoms with Gasteiger partial charge in [0.1, 0.15) is 16.7 Å². The molecule has 0 unspecified atom stereocenters. The third-order valence-corrected chi connectivity index (χ3v) is 14.0. The molecule has 0 amide bonds. The molecule has 0 radical (unpaired) electrons. The number of benzene rings is 10. The molecule has 10 aromatic carbocycles. The first kappa shape index (κ1) is 38.5. The lowest BCUT2D eigenvalue weighted by atomic mass is 9.97. The molecule has 0 aliphatic heterocycles. The van der Waals surface area contributed by atoms with Gasteiger partial charge in [-0.3, -0.25) is 0 Å². The highest BCUT2D eigenvalue weighted by molar-refractivity contribution is 6.25. The Kier molecular flexibility index (Phi) is 8.23. The van der Waals surface area contributed by atoms with Gasteiger partial charge in [0.2, 0.25) is 0 Å². The fourth-order valence-electron chi connectivity index (χ4n) is 11.0. The van der Waals surface area contributed by atoms with Crippen LogP contribution in [0.3, 0.4) is 0 Å². The average molecular weight is 896 g/mol. The summed E-state index contributed by atoms with van der Waals surface area (Å²) in [5.74, 6) is 1.79. The normalized spacial score (nSPS) is 12.0. The molecule has 5 heterocycles. The van der Waals surface area contributed by atoms with Crippen LogP contribution in [0.1, 0.15) is 0 Å². The van der Waals surface area contributed by atoms with Crippen molar-refractivity contribution in [2.75, 3.05) is 0 Å². The first-order chi connectivity index (χ1) is 34.7. The van der Waals surface area contributed by atoms with Gasteiger partial charge in [-0.25, -0.2) is 15.0 Å². The lowest BCUT2D eigenvalue weighted by molar-refractivity contribution is 0.666. The van der Waals surface area contributed by atoms with Crippen LogP contribution in [0.15, 0.2) is 233 Å². The van der Waals surface area contributed by atoms with E-state index in [4.69, 9.17) is 23.8 Å². The molecule has 0 N–H and O–H groups in total. The molecule has 326 valence electrons. The van der Waals surface area contributed by atoms with Crippen molar-refractivity contribution < 1.29 is 8.83 Å². The van der Waals surface area contributed by atoms with E-state index in [0.717, 1.165) is 105 Å². The van der Waals surface area contributed by atoms with Crippen LogP contribution in [0.5, 0.6) is 0 Å². The molecule has 15 rings (SSSR count). The largest absolute Gasteiger partial charge is 0.456 e. The predicted molar refractivity (Wildman–Crippen MR) is 285 cm³/mol. The van der Waals surface area contributed by atoms with Crippen LogP contribution in [-0.4, -0.2) is 24.1 Å². The van der Waals surface area contributed by atoms with Gasteiger partial charge in [-0.05, 0) is 65.7 Å². The number of hydrogen-bond acceptors (Lipinski definition) is 5. The molecule has 5 aromatic heterocycles. The molecule has 0 aliphatic rings. The summed E-state index contributed by atoms with van der Waals surface area (Å²) in [5.41, 5.74) is 14.6. The molecule has 70 heavy (non-hydrogen) atoms. The molecular weight excluding hydrogens is 859 g/mol. The van der Waals surface area contributed by atoms with Crippen molar-refractivity contribution in [1.82, 2.24) is 24.1 Å². The van der Waals surface area contributed by atoms with Crippen LogP contribution in [0.25, 0.3) is 144 Å². The summed E-state index contributed by atoms with van der Waals surface area (Å²) in [6, 6.07) is 78.4. The van der Waals surface area contributed by atoms with Crippen LogP contribution >= 0.6 is 0 Å². The fourth-order valence-corrected chi connectivity index (χ4v) is 11.0. The summed E-state index contributed by atoms with van der Waals surface area (Å²) in [6.07, 6.45) is 0. The standard InChI is InChI=1S/C63H37N5O2/c1-4-17-38(18-5-1)61-64-62(39-19-6-2-7-20-39)66-63(65-61)48-27-16-31-54-57(48)49-37-40(33-36-53(49)69-54)42-25-15-32-55-56(42)47-26-14-30-52(60(47)70-55)68-51-29-13-11-24-44(51)46-35-34-45-43-23-10-12-28-50(43)67(58(45)59(46)68)41-21-8-3-9-22-41/h1-37H. The van der Waals surface area contributed by atoms with Gasteiger partial charge in [0, 0.05) is 65.5 Å². The van der Waals surface area contributed by atoms with E-state index in [1.807, 2.05) is 72.8 Å². The Morgan fingerprint density at radius 1 is 0.314 bits per heavy atom. The lowest BCUT2D eigenvalue weighted by Gasteiger charge is -2.13. The number of hydrogen-bond donors (Lipinski definition) is 0. The lowest BCUT2D eigenvalue weighted by Crippen LogP contribution is -2.00. The van der Waals surface area contributed by atoms with Crippen molar-refractivity contribution in [3.8, 4) is 56.7 Å². The maximum atomic E-state index is 7.10. The Morgan fingerprint density at radius 3 is 1.53 bits per heavy atom. The van der Waals surface area contributed by atoms with Gasteiger partial charge in [-0.1, -0.05) is 170 Å². The van der Waals surface area contributed by atoms with Crippen LogP contribution in [0.4, 0.5) is 0 Å². The van der Waals surface area contributed by atoms with Gasteiger partial charge >= 0.3 is 0 Å². The Bertz CT molecular complexity index is 4530. The van der Waals surface area contributed by atoms with E-state index in [9.17, 15) is 0 Å². The Labute approximate surface area is 399 Å². The predicted octanol–water partition coefficient (Wildman–Crippen LogP) is 16.5. The number of furan rings is 2. The van der Waals surface area contributed by atoms with Crippen LogP contribution < -0.4 is 0 Å². The van der Waals surface area contributed by atoms with E-state index in [1.165, 1.54) is 21.5 Å². The third-order valence-electron chi connectivity index (χ3n) is 14.0. The zero-order chi connectivity index (χ0) is 45.9. The van der Waals surface area contributed by atoms with E-state index in [0.29, 0.717) is 17.5 Å². The summed E-state index contributed by atoms with van der Waals surface area (Å²) in [4.78, 5) is 15.2. The minimum Gasteiger partial charge on any atom is -0.456 e. The number of rotatable bonds is 6. The van der Waals surface area contributed by atoms with E-state index < -0.39 is 0 Å². The molecule has 0 saturated heterocycles. The molecule has 15 aromatic rings. The Hall–Kier alpha value is -9.59. The summed E-state index contributed by atoms with van der Waals surface area (Å²) < 4.78 is 18.5. The van der Waals surface area contributed by atoms with Crippen molar-refractivity contribution in [2.24, 2.45) is 0 Å². The second-order valence-corrected chi connectivity index (χ2v) is 17.9. The van der Waals surface area contributed by atoms with Crippen LogP contribution in [0.2, 0.25) is 0 Å². The van der Waals surface area contributed by atoms with Gasteiger partial charge in [-0.2, -0.15) is 0 Å². The highest BCUT2D eigenvalue weighted by Crippen LogP contribution is 2.46. The topological polar surface area (TPSA) is 74.8 Å². The fraction of sp³-hybridized carbons (Fsp3) is 0. The molecule has 0 bridgehead atoms.